The molecule has 0 bridgehead atoms. The van der Waals surface area contributed by atoms with Gasteiger partial charge in [0.1, 0.15) is 11.4 Å². The molecule has 1 aromatic heterocycles. The van der Waals surface area contributed by atoms with Crippen LogP contribution in [0.1, 0.15) is 23.1 Å². The van der Waals surface area contributed by atoms with Crippen LogP contribution in [0.15, 0.2) is 91.1 Å². The molecule has 2 aliphatic rings. The zero-order valence-electron chi connectivity index (χ0n) is 18.7. The van der Waals surface area contributed by atoms with Crippen molar-refractivity contribution >= 4 is 35.3 Å². The molecule has 3 nitrogen and oxygen atoms in total. The van der Waals surface area contributed by atoms with Crippen molar-refractivity contribution in [2.75, 3.05) is 9.62 Å². The monoisotopic (exact) mass is 416 g/mol. The Morgan fingerprint density at radius 1 is 0.688 bits per heavy atom. The van der Waals surface area contributed by atoms with Gasteiger partial charge in [-0.2, -0.15) is 0 Å². The van der Waals surface area contributed by atoms with Gasteiger partial charge in [0.05, 0.1) is 13.2 Å². The fourth-order valence-electron chi connectivity index (χ4n) is 5.49. The van der Waals surface area contributed by atoms with E-state index < -0.39 is 0 Å². The summed E-state index contributed by atoms with van der Waals surface area (Å²) in [4.78, 5) is 5.12. The Hall–Kier alpha value is -3.53. The van der Waals surface area contributed by atoms with Crippen LogP contribution >= 0.6 is 0 Å². The first kappa shape index (κ1) is 19.2. The summed E-state index contributed by atoms with van der Waals surface area (Å²) in [5, 5.41) is 0. The minimum Gasteiger partial charge on any atom is -0.333 e. The average Bonchev–Trinajstić information content (AvgIpc) is 3.18. The molecule has 0 spiro atoms. The zero-order chi connectivity index (χ0) is 21.7. The van der Waals surface area contributed by atoms with E-state index in [4.69, 9.17) is 0 Å². The fraction of sp³-hybridized carbons (Fsp3) is 0.179. The summed E-state index contributed by atoms with van der Waals surface area (Å²) >= 11 is 0. The number of hydrogen-bond acceptors (Lipinski definition) is 2. The van der Waals surface area contributed by atoms with E-state index in [0.29, 0.717) is 0 Å². The summed E-state index contributed by atoms with van der Waals surface area (Å²) in [6, 6.07) is 31.2. The SMILES string of the molecule is Cc1ccccc1N1B2c3ccccc3CCCc3ccccc3N2c2ccc[n+](C)c21. The van der Waals surface area contributed by atoms with Gasteiger partial charge in [-0.15, -0.1) is 0 Å². The van der Waals surface area contributed by atoms with Crippen LogP contribution in [-0.4, -0.2) is 6.98 Å². The summed E-state index contributed by atoms with van der Waals surface area (Å²) in [5.41, 5.74) is 9.39. The Labute approximate surface area is 190 Å². The van der Waals surface area contributed by atoms with E-state index >= 15 is 0 Å². The molecule has 4 heteroatoms. The van der Waals surface area contributed by atoms with Crippen LogP contribution in [-0.2, 0) is 19.9 Å². The molecule has 6 rings (SSSR count). The number of fused-ring (bicyclic) bond motifs is 7. The lowest BCUT2D eigenvalue weighted by Crippen LogP contribution is -2.55. The molecular formula is C28H27BN3+. The lowest BCUT2D eigenvalue weighted by molar-refractivity contribution is -0.657. The maximum absolute atomic E-state index is 2.57. The summed E-state index contributed by atoms with van der Waals surface area (Å²) < 4.78 is 2.27. The standard InChI is InChI=1S/C28H27BN3/c1-21-11-3-7-17-25(21)32-28-27(19-10-20-30(28)2)31-26-18-8-5-13-23(26)15-9-14-22-12-4-6-16-24(22)29(31)32/h3-8,10-13,16-20H,9,14-15H2,1-2H3/q+1. The second-order valence-corrected chi connectivity index (χ2v) is 8.91. The van der Waals surface area contributed by atoms with Gasteiger partial charge in [0, 0.05) is 5.69 Å². The third kappa shape index (κ3) is 2.86. The molecule has 0 aliphatic carbocycles. The van der Waals surface area contributed by atoms with Crippen molar-refractivity contribution in [1.29, 1.82) is 0 Å². The Kier molecular flexibility index (Phi) is 4.53. The number of aryl methyl sites for hydroxylation is 4. The van der Waals surface area contributed by atoms with E-state index in [1.165, 1.54) is 45.0 Å². The normalized spacial score (nSPS) is 14.6. The molecule has 156 valence electrons. The highest BCUT2D eigenvalue weighted by Crippen LogP contribution is 2.46. The van der Waals surface area contributed by atoms with Crippen LogP contribution < -0.4 is 19.7 Å². The Bertz CT molecular complexity index is 1320. The maximum atomic E-state index is 2.57. The lowest BCUT2D eigenvalue weighted by atomic mass is 9.62. The number of pyridine rings is 1. The highest BCUT2D eigenvalue weighted by molar-refractivity contribution is 6.84. The summed E-state index contributed by atoms with van der Waals surface area (Å²) in [6.07, 6.45) is 5.51. The number of nitrogens with zero attached hydrogens (tertiary/aromatic N) is 3. The van der Waals surface area contributed by atoms with Crippen LogP contribution in [0.5, 0.6) is 0 Å². The second kappa shape index (κ2) is 7.56. The molecule has 0 saturated carbocycles. The summed E-state index contributed by atoms with van der Waals surface area (Å²) in [6.45, 7) is 2.28. The van der Waals surface area contributed by atoms with Gasteiger partial charge in [0.25, 0.3) is 5.82 Å². The Balaban J connectivity index is 1.71. The summed E-state index contributed by atoms with van der Waals surface area (Å²) in [5.74, 6) is 1.23. The first-order chi connectivity index (χ1) is 15.7. The van der Waals surface area contributed by atoms with Crippen molar-refractivity contribution in [3.63, 3.8) is 0 Å². The van der Waals surface area contributed by atoms with E-state index in [-0.39, 0.29) is 6.98 Å². The number of anilines is 4. The molecular weight excluding hydrogens is 389 g/mol. The van der Waals surface area contributed by atoms with Gasteiger partial charge in [-0.05, 0) is 72.6 Å². The molecule has 32 heavy (non-hydrogen) atoms. The molecule has 4 aromatic rings. The zero-order valence-corrected chi connectivity index (χ0v) is 18.7. The predicted molar refractivity (Wildman–Crippen MR) is 133 cm³/mol. The van der Waals surface area contributed by atoms with Crippen LogP contribution in [0.3, 0.4) is 0 Å². The number of aromatic nitrogens is 1. The summed E-state index contributed by atoms with van der Waals surface area (Å²) in [7, 11) is 2.16. The van der Waals surface area contributed by atoms with Crippen LogP contribution in [0.25, 0.3) is 0 Å². The highest BCUT2D eigenvalue weighted by atomic mass is 15.4. The van der Waals surface area contributed by atoms with Crippen molar-refractivity contribution in [2.45, 2.75) is 26.2 Å². The van der Waals surface area contributed by atoms with Gasteiger partial charge in [-0.3, -0.25) is 4.81 Å². The van der Waals surface area contributed by atoms with Gasteiger partial charge in [-0.25, -0.2) is 4.57 Å². The average molecular weight is 416 g/mol. The van der Waals surface area contributed by atoms with E-state index in [9.17, 15) is 0 Å². The van der Waals surface area contributed by atoms with Gasteiger partial charge < -0.3 is 4.81 Å². The van der Waals surface area contributed by atoms with Gasteiger partial charge >= 0.3 is 6.98 Å². The fourth-order valence-corrected chi connectivity index (χ4v) is 5.49. The van der Waals surface area contributed by atoms with E-state index in [2.05, 4.69) is 119 Å². The van der Waals surface area contributed by atoms with Crippen LogP contribution in [0, 0.1) is 6.92 Å². The molecule has 2 aliphatic heterocycles. The van der Waals surface area contributed by atoms with Crippen molar-refractivity contribution in [1.82, 2.24) is 0 Å². The minimum atomic E-state index is 0.0650. The lowest BCUT2D eigenvalue weighted by Gasteiger charge is -2.27. The van der Waals surface area contributed by atoms with E-state index in [0.717, 1.165) is 19.3 Å². The molecule has 3 aromatic carbocycles. The number of para-hydroxylation sites is 2. The molecule has 0 radical (unpaired) electrons. The van der Waals surface area contributed by atoms with Crippen molar-refractivity contribution in [3.05, 3.63) is 108 Å². The second-order valence-electron chi connectivity index (χ2n) is 8.91. The third-order valence-corrected chi connectivity index (χ3v) is 6.96. The minimum absolute atomic E-state index is 0.0650. The first-order valence-electron chi connectivity index (χ1n) is 11.5. The van der Waals surface area contributed by atoms with Gasteiger partial charge in [0.2, 0.25) is 0 Å². The predicted octanol–water partition coefficient (Wildman–Crippen LogP) is 4.99. The Morgan fingerprint density at radius 2 is 1.34 bits per heavy atom. The largest absolute Gasteiger partial charge is 0.542 e. The van der Waals surface area contributed by atoms with Gasteiger partial charge in [0.15, 0.2) is 0 Å². The molecule has 3 heterocycles. The van der Waals surface area contributed by atoms with Crippen LogP contribution in [0.2, 0.25) is 0 Å². The molecule has 0 saturated heterocycles. The number of hydrogen-bond donors (Lipinski definition) is 0. The van der Waals surface area contributed by atoms with Crippen molar-refractivity contribution in [2.24, 2.45) is 7.05 Å². The molecule has 0 N–H and O–H groups in total. The van der Waals surface area contributed by atoms with Crippen molar-refractivity contribution < 1.29 is 4.57 Å². The topological polar surface area (TPSA) is 10.4 Å². The third-order valence-electron chi connectivity index (χ3n) is 6.96. The van der Waals surface area contributed by atoms with E-state index in [1.54, 1.807) is 0 Å². The first-order valence-corrected chi connectivity index (χ1v) is 11.5. The van der Waals surface area contributed by atoms with E-state index in [1.807, 2.05) is 0 Å². The highest BCUT2D eigenvalue weighted by Gasteiger charge is 2.53. The Morgan fingerprint density at radius 3 is 2.19 bits per heavy atom. The smallest absolute Gasteiger partial charge is 0.333 e. The van der Waals surface area contributed by atoms with Gasteiger partial charge in [-0.1, -0.05) is 60.7 Å². The molecule has 0 atom stereocenters. The van der Waals surface area contributed by atoms with Crippen LogP contribution in [0.4, 0.5) is 22.9 Å². The maximum Gasteiger partial charge on any atom is 0.542 e. The molecule has 0 unspecified atom stereocenters. The number of rotatable bonds is 1. The number of benzene rings is 3. The quantitative estimate of drug-likeness (QED) is 0.320. The molecule has 0 fully saturated rings. The van der Waals surface area contributed by atoms with Crippen molar-refractivity contribution in [3.8, 4) is 0 Å². The molecule has 0 amide bonds.